The van der Waals surface area contributed by atoms with Gasteiger partial charge in [-0.2, -0.15) is 0 Å². The number of carbonyl (C=O) groups excluding carboxylic acids is 2. The molecule has 1 aromatic carbocycles. The SMILES string of the molecule is COCc1ccc(C(=O)OC(C)C(=O)NCc2ccco2)cc1. The third-order valence-electron chi connectivity index (χ3n) is 3.17. The van der Waals surface area contributed by atoms with Crippen molar-refractivity contribution in [3.05, 3.63) is 59.5 Å². The monoisotopic (exact) mass is 317 g/mol. The first-order valence-corrected chi connectivity index (χ1v) is 7.19. The standard InChI is InChI=1S/C17H19NO5/c1-12(16(19)18-10-15-4-3-9-22-15)23-17(20)14-7-5-13(6-8-14)11-21-2/h3-9,12H,10-11H2,1-2H3,(H,18,19). The number of furan rings is 1. The minimum absolute atomic E-state index is 0.249. The minimum atomic E-state index is -0.892. The topological polar surface area (TPSA) is 77.8 Å². The van der Waals surface area contributed by atoms with E-state index in [4.69, 9.17) is 13.9 Å². The van der Waals surface area contributed by atoms with Gasteiger partial charge in [-0.25, -0.2) is 4.79 Å². The van der Waals surface area contributed by atoms with E-state index in [1.54, 1.807) is 43.5 Å². The first-order valence-electron chi connectivity index (χ1n) is 7.19. The average molecular weight is 317 g/mol. The molecule has 23 heavy (non-hydrogen) atoms. The quantitative estimate of drug-likeness (QED) is 0.793. The van der Waals surface area contributed by atoms with Crippen molar-refractivity contribution in [2.45, 2.75) is 26.2 Å². The fraction of sp³-hybridized carbons (Fsp3) is 0.294. The summed E-state index contributed by atoms with van der Waals surface area (Å²) in [6.45, 7) is 2.25. The molecule has 0 saturated heterocycles. The van der Waals surface area contributed by atoms with Crippen LogP contribution in [0.15, 0.2) is 47.1 Å². The molecule has 0 fully saturated rings. The fourth-order valence-electron chi connectivity index (χ4n) is 1.92. The van der Waals surface area contributed by atoms with Crippen LogP contribution in [0.2, 0.25) is 0 Å². The second kappa shape index (κ2) is 8.14. The van der Waals surface area contributed by atoms with E-state index in [1.165, 1.54) is 13.2 Å². The van der Waals surface area contributed by atoms with Crippen LogP contribution >= 0.6 is 0 Å². The largest absolute Gasteiger partial charge is 0.467 e. The Kier molecular flexibility index (Phi) is 5.94. The molecule has 2 aromatic rings. The van der Waals surface area contributed by atoms with Crippen molar-refractivity contribution < 1.29 is 23.5 Å². The summed E-state index contributed by atoms with van der Waals surface area (Å²) >= 11 is 0. The highest BCUT2D eigenvalue weighted by Crippen LogP contribution is 2.08. The van der Waals surface area contributed by atoms with E-state index in [-0.39, 0.29) is 12.5 Å². The normalized spacial score (nSPS) is 11.7. The molecule has 0 bridgehead atoms. The predicted molar refractivity (Wildman–Crippen MR) is 82.6 cm³/mol. The number of esters is 1. The van der Waals surface area contributed by atoms with Crippen molar-refractivity contribution in [2.24, 2.45) is 0 Å². The van der Waals surface area contributed by atoms with Crippen molar-refractivity contribution in [1.82, 2.24) is 5.32 Å². The number of ether oxygens (including phenoxy) is 2. The highest BCUT2D eigenvalue weighted by atomic mass is 16.5. The van der Waals surface area contributed by atoms with Crippen molar-refractivity contribution in [3.63, 3.8) is 0 Å². The highest BCUT2D eigenvalue weighted by Gasteiger charge is 2.18. The maximum absolute atomic E-state index is 12.0. The number of methoxy groups -OCH3 is 1. The van der Waals surface area contributed by atoms with Gasteiger partial charge < -0.3 is 19.2 Å². The smallest absolute Gasteiger partial charge is 0.338 e. The number of hydrogen-bond acceptors (Lipinski definition) is 5. The third kappa shape index (κ3) is 4.96. The lowest BCUT2D eigenvalue weighted by atomic mass is 10.1. The van der Waals surface area contributed by atoms with Crippen LogP contribution in [0.3, 0.4) is 0 Å². The van der Waals surface area contributed by atoms with Gasteiger partial charge in [-0.3, -0.25) is 4.79 Å². The van der Waals surface area contributed by atoms with Crippen LogP contribution in [0.4, 0.5) is 0 Å². The first kappa shape index (κ1) is 16.8. The van der Waals surface area contributed by atoms with Crippen molar-refractivity contribution >= 4 is 11.9 Å². The minimum Gasteiger partial charge on any atom is -0.467 e. The molecule has 1 unspecified atom stereocenters. The van der Waals surface area contributed by atoms with Crippen LogP contribution in [-0.2, 0) is 27.4 Å². The van der Waals surface area contributed by atoms with E-state index in [0.717, 1.165) is 5.56 Å². The second-order valence-corrected chi connectivity index (χ2v) is 4.97. The summed E-state index contributed by atoms with van der Waals surface area (Å²) in [5, 5.41) is 2.64. The Balaban J connectivity index is 1.84. The maximum Gasteiger partial charge on any atom is 0.338 e. The molecule has 1 amide bonds. The van der Waals surface area contributed by atoms with Gasteiger partial charge in [0, 0.05) is 7.11 Å². The van der Waals surface area contributed by atoms with Crippen LogP contribution in [-0.4, -0.2) is 25.1 Å². The summed E-state index contributed by atoms with van der Waals surface area (Å²) in [5.41, 5.74) is 1.34. The molecular weight excluding hydrogens is 298 g/mol. The van der Waals surface area contributed by atoms with Crippen LogP contribution in [0, 0.1) is 0 Å². The van der Waals surface area contributed by atoms with Gasteiger partial charge in [0.1, 0.15) is 5.76 Å². The third-order valence-corrected chi connectivity index (χ3v) is 3.17. The molecule has 0 saturated carbocycles. The summed E-state index contributed by atoms with van der Waals surface area (Å²) in [4.78, 5) is 23.9. The summed E-state index contributed by atoms with van der Waals surface area (Å²) in [7, 11) is 1.60. The van der Waals surface area contributed by atoms with E-state index in [9.17, 15) is 9.59 Å². The number of hydrogen-bond donors (Lipinski definition) is 1. The molecule has 1 heterocycles. The zero-order chi connectivity index (χ0) is 16.7. The molecule has 6 nitrogen and oxygen atoms in total. The second-order valence-electron chi connectivity index (χ2n) is 4.97. The molecule has 1 N–H and O–H groups in total. The Morgan fingerprint density at radius 2 is 1.96 bits per heavy atom. The summed E-state index contributed by atoms with van der Waals surface area (Å²) in [6.07, 6.45) is 0.633. The lowest BCUT2D eigenvalue weighted by Gasteiger charge is -2.13. The Morgan fingerprint density at radius 3 is 2.57 bits per heavy atom. The summed E-state index contributed by atoms with van der Waals surface area (Å²) < 4.78 is 15.3. The summed E-state index contributed by atoms with van der Waals surface area (Å²) in [6, 6.07) is 10.3. The number of amides is 1. The van der Waals surface area contributed by atoms with Gasteiger partial charge in [-0.15, -0.1) is 0 Å². The molecule has 0 aliphatic heterocycles. The molecular formula is C17H19NO5. The lowest BCUT2D eigenvalue weighted by Crippen LogP contribution is -2.35. The molecule has 0 radical (unpaired) electrons. The van der Waals surface area contributed by atoms with Gasteiger partial charge in [-0.1, -0.05) is 12.1 Å². The van der Waals surface area contributed by atoms with E-state index in [1.807, 2.05) is 0 Å². The van der Waals surface area contributed by atoms with Gasteiger partial charge in [0.2, 0.25) is 0 Å². The van der Waals surface area contributed by atoms with Gasteiger partial charge in [0.05, 0.1) is 25.0 Å². The van der Waals surface area contributed by atoms with E-state index in [2.05, 4.69) is 5.32 Å². The molecule has 0 aliphatic carbocycles. The van der Waals surface area contributed by atoms with E-state index in [0.29, 0.717) is 17.9 Å². The molecule has 1 aromatic heterocycles. The highest BCUT2D eigenvalue weighted by molar-refractivity contribution is 5.92. The molecule has 122 valence electrons. The fourth-order valence-corrected chi connectivity index (χ4v) is 1.92. The average Bonchev–Trinajstić information content (AvgIpc) is 3.07. The number of nitrogens with one attached hydrogen (secondary N) is 1. The zero-order valence-corrected chi connectivity index (χ0v) is 13.1. The van der Waals surface area contributed by atoms with Gasteiger partial charge >= 0.3 is 5.97 Å². The zero-order valence-electron chi connectivity index (χ0n) is 13.1. The van der Waals surface area contributed by atoms with E-state index >= 15 is 0 Å². The maximum atomic E-state index is 12.0. The van der Waals surface area contributed by atoms with E-state index < -0.39 is 12.1 Å². The molecule has 0 spiro atoms. The molecule has 1 atom stereocenters. The number of carbonyl (C=O) groups is 2. The van der Waals surface area contributed by atoms with Crippen LogP contribution < -0.4 is 5.32 Å². The summed E-state index contributed by atoms with van der Waals surface area (Å²) in [5.74, 6) is -0.300. The van der Waals surface area contributed by atoms with Gasteiger partial charge in [0.25, 0.3) is 5.91 Å². The van der Waals surface area contributed by atoms with Crippen molar-refractivity contribution in [2.75, 3.05) is 7.11 Å². The molecule has 0 aliphatic rings. The van der Waals surface area contributed by atoms with Crippen LogP contribution in [0.1, 0.15) is 28.6 Å². The van der Waals surface area contributed by atoms with Crippen LogP contribution in [0.5, 0.6) is 0 Å². The molecule has 2 rings (SSSR count). The number of benzene rings is 1. The predicted octanol–water partition coefficient (Wildman–Crippen LogP) is 2.29. The van der Waals surface area contributed by atoms with Gasteiger partial charge in [-0.05, 0) is 36.8 Å². The Morgan fingerprint density at radius 1 is 1.22 bits per heavy atom. The Labute approximate surface area is 134 Å². The van der Waals surface area contributed by atoms with Crippen molar-refractivity contribution in [1.29, 1.82) is 0 Å². The first-order chi connectivity index (χ1) is 11.1. The molecule has 6 heteroatoms. The Bertz CT molecular complexity index is 634. The van der Waals surface area contributed by atoms with Crippen molar-refractivity contribution in [3.8, 4) is 0 Å². The number of rotatable bonds is 7. The Hall–Kier alpha value is -2.60. The van der Waals surface area contributed by atoms with Crippen LogP contribution in [0.25, 0.3) is 0 Å². The van der Waals surface area contributed by atoms with Gasteiger partial charge in [0.15, 0.2) is 6.10 Å². The lowest BCUT2D eigenvalue weighted by molar-refractivity contribution is -0.129.